The second kappa shape index (κ2) is 10.9. The Balaban J connectivity index is 2.49. The van der Waals surface area contributed by atoms with Gasteiger partial charge in [-0.3, -0.25) is 4.79 Å². The Bertz CT molecular complexity index is 860. The molecule has 0 bridgehead atoms. The van der Waals surface area contributed by atoms with Crippen molar-refractivity contribution >= 4 is 17.5 Å². The van der Waals surface area contributed by atoms with E-state index in [9.17, 15) is 18.0 Å². The molecule has 2 rings (SSSR count). The van der Waals surface area contributed by atoms with Gasteiger partial charge in [-0.15, -0.1) is 0 Å². The molecule has 0 unspecified atom stereocenters. The average molecular weight is 441 g/mol. The third-order valence-electron chi connectivity index (χ3n) is 4.56. The van der Waals surface area contributed by atoms with E-state index in [1.165, 1.54) is 37.5 Å². The number of hydrogen-bond acceptors (Lipinski definition) is 6. The summed E-state index contributed by atoms with van der Waals surface area (Å²) in [5.41, 5.74) is 0.599. The largest absolute Gasteiger partial charge is 0.481 e. The Labute approximate surface area is 178 Å². The summed E-state index contributed by atoms with van der Waals surface area (Å²) in [6.45, 7) is 5.36. The van der Waals surface area contributed by atoms with Gasteiger partial charge in [0.15, 0.2) is 6.10 Å². The van der Waals surface area contributed by atoms with E-state index in [0.29, 0.717) is 18.6 Å². The van der Waals surface area contributed by atoms with Gasteiger partial charge < -0.3 is 19.9 Å². The highest BCUT2D eigenvalue weighted by Gasteiger charge is 2.43. The fourth-order valence-corrected chi connectivity index (χ4v) is 3.14. The number of alkyl halides is 3. The van der Waals surface area contributed by atoms with Crippen molar-refractivity contribution in [1.82, 2.24) is 9.97 Å². The van der Waals surface area contributed by atoms with Gasteiger partial charge in [0.2, 0.25) is 5.88 Å². The number of halogens is 3. The zero-order valence-electron chi connectivity index (χ0n) is 17.6. The van der Waals surface area contributed by atoms with Gasteiger partial charge in [-0.1, -0.05) is 19.1 Å². The standard InChI is InChI=1S/C21H26F3N3O4/c1-4-13(10-19(28)29)14-7-8-15(20(31-6-3)21(22,23)24)16(9-14)27-17-11-26-18(12-25-17)30-5-2/h7-9,11-13,20H,4-6,10H2,1-3H3,(H,25,27)(H,28,29)/t13-,20-/m1/s1. The zero-order chi connectivity index (χ0) is 23.0. The molecule has 7 nitrogen and oxygen atoms in total. The molecule has 0 spiro atoms. The normalized spacial score (nSPS) is 13.5. The van der Waals surface area contributed by atoms with Crippen LogP contribution >= 0.6 is 0 Å². The highest BCUT2D eigenvalue weighted by atomic mass is 19.4. The molecule has 0 saturated heterocycles. The first kappa shape index (κ1) is 24.4. The van der Waals surface area contributed by atoms with Crippen LogP contribution < -0.4 is 10.1 Å². The van der Waals surface area contributed by atoms with Crippen LogP contribution in [0.2, 0.25) is 0 Å². The number of benzene rings is 1. The predicted molar refractivity (Wildman–Crippen MR) is 109 cm³/mol. The maximum absolute atomic E-state index is 13.7. The molecule has 1 aromatic heterocycles. The van der Waals surface area contributed by atoms with Crippen molar-refractivity contribution in [2.24, 2.45) is 0 Å². The first-order valence-electron chi connectivity index (χ1n) is 9.95. The number of aromatic nitrogens is 2. The van der Waals surface area contributed by atoms with Gasteiger partial charge in [-0.2, -0.15) is 13.2 Å². The van der Waals surface area contributed by atoms with Gasteiger partial charge in [0.05, 0.1) is 25.4 Å². The summed E-state index contributed by atoms with van der Waals surface area (Å²) < 4.78 is 51.2. The number of hydrogen-bond donors (Lipinski definition) is 2. The van der Waals surface area contributed by atoms with Gasteiger partial charge in [-0.05, 0) is 37.8 Å². The lowest BCUT2D eigenvalue weighted by atomic mass is 9.91. The Morgan fingerprint density at radius 1 is 1.16 bits per heavy atom. The number of anilines is 2. The lowest BCUT2D eigenvalue weighted by Gasteiger charge is -2.25. The molecule has 0 saturated carbocycles. The molecular weight excluding hydrogens is 415 g/mol. The number of nitrogens with one attached hydrogen (secondary N) is 1. The van der Waals surface area contributed by atoms with E-state index in [-0.39, 0.29) is 41.9 Å². The minimum Gasteiger partial charge on any atom is -0.481 e. The average Bonchev–Trinajstić information content (AvgIpc) is 2.71. The Kier molecular flexibility index (Phi) is 8.61. The summed E-state index contributed by atoms with van der Waals surface area (Å²) in [5.74, 6) is -0.831. The van der Waals surface area contributed by atoms with Crippen LogP contribution in [0.25, 0.3) is 0 Å². The molecule has 31 heavy (non-hydrogen) atoms. The lowest BCUT2D eigenvalue weighted by Crippen LogP contribution is -2.24. The molecule has 2 aromatic rings. The minimum atomic E-state index is -4.64. The third kappa shape index (κ3) is 6.81. The van der Waals surface area contributed by atoms with Crippen LogP contribution in [0.4, 0.5) is 24.7 Å². The van der Waals surface area contributed by atoms with E-state index in [0.717, 1.165) is 0 Å². The topological polar surface area (TPSA) is 93.6 Å². The molecule has 0 aliphatic carbocycles. The van der Waals surface area contributed by atoms with Gasteiger partial charge in [0, 0.05) is 17.9 Å². The molecule has 1 aromatic carbocycles. The second-order valence-corrected chi connectivity index (χ2v) is 6.72. The summed E-state index contributed by atoms with van der Waals surface area (Å²) >= 11 is 0. The lowest BCUT2D eigenvalue weighted by molar-refractivity contribution is -0.222. The first-order chi connectivity index (χ1) is 14.7. The van der Waals surface area contributed by atoms with Gasteiger partial charge in [0.25, 0.3) is 0 Å². The summed E-state index contributed by atoms with van der Waals surface area (Å²) in [7, 11) is 0. The van der Waals surface area contributed by atoms with Crippen molar-refractivity contribution in [3.05, 3.63) is 41.7 Å². The predicted octanol–water partition coefficient (Wildman–Crippen LogP) is 5.23. The highest BCUT2D eigenvalue weighted by molar-refractivity contribution is 5.69. The SMILES string of the molecule is CCOc1cnc(Nc2cc([C@H](CC)CC(=O)O)ccc2[C@@H](OCC)C(F)(F)F)cn1. The monoisotopic (exact) mass is 441 g/mol. The number of nitrogens with zero attached hydrogens (tertiary/aromatic N) is 2. The Morgan fingerprint density at radius 2 is 1.90 bits per heavy atom. The summed E-state index contributed by atoms with van der Waals surface area (Å²) in [6.07, 6.45) is -3.69. The molecule has 10 heteroatoms. The highest BCUT2D eigenvalue weighted by Crippen LogP contribution is 2.41. The van der Waals surface area contributed by atoms with E-state index < -0.39 is 18.2 Å². The molecule has 2 N–H and O–H groups in total. The van der Waals surface area contributed by atoms with Crippen molar-refractivity contribution in [1.29, 1.82) is 0 Å². The molecule has 0 radical (unpaired) electrons. The summed E-state index contributed by atoms with van der Waals surface area (Å²) in [6, 6.07) is 4.35. The van der Waals surface area contributed by atoms with Gasteiger partial charge in [-0.25, -0.2) is 9.97 Å². The zero-order valence-corrected chi connectivity index (χ0v) is 17.6. The number of carboxylic acid groups (broad SMARTS) is 1. The molecule has 0 aliphatic rings. The Morgan fingerprint density at radius 3 is 2.42 bits per heavy atom. The maximum Gasteiger partial charge on any atom is 0.418 e. The van der Waals surface area contributed by atoms with Crippen LogP contribution in [0.1, 0.15) is 56.8 Å². The van der Waals surface area contributed by atoms with E-state index in [1.807, 2.05) is 6.92 Å². The van der Waals surface area contributed by atoms with E-state index in [4.69, 9.17) is 14.6 Å². The first-order valence-corrected chi connectivity index (χ1v) is 9.95. The maximum atomic E-state index is 13.7. The quantitative estimate of drug-likeness (QED) is 0.493. The molecule has 0 fully saturated rings. The fraction of sp³-hybridized carbons (Fsp3) is 0.476. The fourth-order valence-electron chi connectivity index (χ4n) is 3.14. The molecule has 0 aliphatic heterocycles. The van der Waals surface area contributed by atoms with Crippen molar-refractivity contribution in [3.8, 4) is 5.88 Å². The molecule has 0 amide bonds. The third-order valence-corrected chi connectivity index (χ3v) is 4.56. The summed E-state index contributed by atoms with van der Waals surface area (Å²) in [5, 5.41) is 12.0. The van der Waals surface area contributed by atoms with E-state index in [1.54, 1.807) is 6.92 Å². The van der Waals surface area contributed by atoms with Crippen molar-refractivity contribution in [2.45, 2.75) is 51.8 Å². The van der Waals surface area contributed by atoms with Crippen LogP contribution in [0.5, 0.6) is 5.88 Å². The van der Waals surface area contributed by atoms with Crippen molar-refractivity contribution < 1.29 is 32.5 Å². The number of ether oxygens (including phenoxy) is 2. The smallest absolute Gasteiger partial charge is 0.418 e. The number of carbonyl (C=O) groups is 1. The molecule has 1 heterocycles. The van der Waals surface area contributed by atoms with Crippen molar-refractivity contribution in [3.63, 3.8) is 0 Å². The Hall–Kier alpha value is -2.88. The van der Waals surface area contributed by atoms with E-state index >= 15 is 0 Å². The summed E-state index contributed by atoms with van der Waals surface area (Å²) in [4.78, 5) is 19.4. The second-order valence-electron chi connectivity index (χ2n) is 6.72. The molecule has 2 atom stereocenters. The van der Waals surface area contributed by atoms with Gasteiger partial charge >= 0.3 is 12.1 Å². The van der Waals surface area contributed by atoms with Crippen LogP contribution in [0.3, 0.4) is 0 Å². The van der Waals surface area contributed by atoms with Gasteiger partial charge in [0.1, 0.15) is 5.82 Å². The van der Waals surface area contributed by atoms with Crippen molar-refractivity contribution in [2.75, 3.05) is 18.5 Å². The number of aliphatic carboxylic acids is 1. The molecular formula is C21H26F3N3O4. The van der Waals surface area contributed by atoms with Crippen LogP contribution in [-0.2, 0) is 9.53 Å². The van der Waals surface area contributed by atoms with Crippen LogP contribution in [0.15, 0.2) is 30.6 Å². The number of carboxylic acids is 1. The number of rotatable bonds is 11. The molecule has 170 valence electrons. The van der Waals surface area contributed by atoms with Crippen LogP contribution in [-0.4, -0.2) is 40.4 Å². The van der Waals surface area contributed by atoms with Crippen LogP contribution in [0, 0.1) is 0 Å². The van der Waals surface area contributed by atoms with E-state index in [2.05, 4.69) is 15.3 Å². The minimum absolute atomic E-state index is 0.121.